The lowest BCUT2D eigenvalue weighted by atomic mass is 9.78. The highest BCUT2D eigenvalue weighted by molar-refractivity contribution is 5.81. The van der Waals surface area contributed by atoms with Gasteiger partial charge in [0, 0.05) is 12.3 Å². The van der Waals surface area contributed by atoms with Gasteiger partial charge < -0.3 is 5.73 Å². The SMILES string of the molecule is CC(C)CC(=O)C1CCC(CN)CC1. The van der Waals surface area contributed by atoms with Crippen molar-refractivity contribution in [2.45, 2.75) is 46.0 Å². The van der Waals surface area contributed by atoms with Crippen LogP contribution >= 0.6 is 0 Å². The smallest absolute Gasteiger partial charge is 0.136 e. The molecule has 0 aromatic heterocycles. The Morgan fingerprint density at radius 1 is 1.29 bits per heavy atom. The van der Waals surface area contributed by atoms with E-state index >= 15 is 0 Å². The summed E-state index contributed by atoms with van der Waals surface area (Å²) in [5.41, 5.74) is 5.62. The normalized spacial score (nSPS) is 28.0. The van der Waals surface area contributed by atoms with Crippen molar-refractivity contribution in [2.24, 2.45) is 23.5 Å². The van der Waals surface area contributed by atoms with Crippen molar-refractivity contribution < 1.29 is 4.79 Å². The highest BCUT2D eigenvalue weighted by Gasteiger charge is 2.25. The molecule has 1 aliphatic carbocycles. The highest BCUT2D eigenvalue weighted by atomic mass is 16.1. The lowest BCUT2D eigenvalue weighted by Crippen LogP contribution is -2.26. The Balaban J connectivity index is 2.30. The molecule has 0 aromatic rings. The molecule has 0 unspecified atom stereocenters. The van der Waals surface area contributed by atoms with Gasteiger partial charge >= 0.3 is 0 Å². The summed E-state index contributed by atoms with van der Waals surface area (Å²) in [5, 5.41) is 0. The second kappa shape index (κ2) is 5.50. The fourth-order valence-corrected chi connectivity index (χ4v) is 2.29. The lowest BCUT2D eigenvalue weighted by molar-refractivity contribution is -0.124. The molecule has 0 aromatic carbocycles. The summed E-state index contributed by atoms with van der Waals surface area (Å²) in [7, 11) is 0. The second-order valence-electron chi connectivity index (χ2n) is 5.02. The minimum atomic E-state index is 0.347. The predicted molar refractivity (Wildman–Crippen MR) is 59.0 cm³/mol. The number of ketones is 1. The van der Waals surface area contributed by atoms with E-state index in [9.17, 15) is 4.79 Å². The molecule has 2 N–H and O–H groups in total. The zero-order valence-electron chi connectivity index (χ0n) is 9.46. The van der Waals surface area contributed by atoms with Crippen molar-refractivity contribution in [3.8, 4) is 0 Å². The summed E-state index contributed by atoms with van der Waals surface area (Å²) < 4.78 is 0. The summed E-state index contributed by atoms with van der Waals surface area (Å²) in [6.45, 7) is 5.03. The van der Waals surface area contributed by atoms with Crippen LogP contribution in [0, 0.1) is 17.8 Å². The highest BCUT2D eigenvalue weighted by Crippen LogP contribution is 2.29. The van der Waals surface area contributed by atoms with Gasteiger partial charge in [0.05, 0.1) is 0 Å². The van der Waals surface area contributed by atoms with E-state index in [4.69, 9.17) is 5.73 Å². The molecule has 2 nitrogen and oxygen atoms in total. The molecule has 82 valence electrons. The predicted octanol–water partition coefficient (Wildman–Crippen LogP) is 2.37. The standard InChI is InChI=1S/C12H23NO/c1-9(2)7-12(14)11-5-3-10(8-13)4-6-11/h9-11H,3-8,13H2,1-2H3. The molecule has 1 fully saturated rings. The van der Waals surface area contributed by atoms with Gasteiger partial charge in [0.1, 0.15) is 5.78 Å². The van der Waals surface area contributed by atoms with Crippen molar-refractivity contribution in [3.05, 3.63) is 0 Å². The van der Waals surface area contributed by atoms with Gasteiger partial charge in [-0.15, -0.1) is 0 Å². The van der Waals surface area contributed by atoms with Crippen LogP contribution in [0.4, 0.5) is 0 Å². The molecule has 0 radical (unpaired) electrons. The lowest BCUT2D eigenvalue weighted by Gasteiger charge is -2.27. The molecule has 0 atom stereocenters. The number of hydrogen-bond acceptors (Lipinski definition) is 2. The minimum Gasteiger partial charge on any atom is -0.330 e. The maximum atomic E-state index is 11.8. The first-order valence-corrected chi connectivity index (χ1v) is 5.86. The van der Waals surface area contributed by atoms with Crippen molar-refractivity contribution in [1.29, 1.82) is 0 Å². The van der Waals surface area contributed by atoms with E-state index in [1.54, 1.807) is 0 Å². The van der Waals surface area contributed by atoms with Crippen molar-refractivity contribution in [2.75, 3.05) is 6.54 Å². The third-order valence-electron chi connectivity index (χ3n) is 3.24. The van der Waals surface area contributed by atoms with Crippen LogP contribution in [0.15, 0.2) is 0 Å². The van der Waals surface area contributed by atoms with E-state index in [-0.39, 0.29) is 0 Å². The van der Waals surface area contributed by atoms with Gasteiger partial charge in [0.15, 0.2) is 0 Å². The molecular formula is C12H23NO. The quantitative estimate of drug-likeness (QED) is 0.752. The average molecular weight is 197 g/mol. The molecule has 1 aliphatic rings. The Labute approximate surface area is 87.2 Å². The van der Waals surface area contributed by atoms with Crippen molar-refractivity contribution in [3.63, 3.8) is 0 Å². The Bertz CT molecular complexity index is 181. The van der Waals surface area contributed by atoms with Crippen LogP contribution in [0.1, 0.15) is 46.0 Å². The topological polar surface area (TPSA) is 43.1 Å². The third kappa shape index (κ3) is 3.41. The molecule has 0 saturated heterocycles. The van der Waals surface area contributed by atoms with Gasteiger partial charge in [-0.2, -0.15) is 0 Å². The van der Waals surface area contributed by atoms with Crippen LogP contribution in [0.3, 0.4) is 0 Å². The van der Waals surface area contributed by atoms with Crippen molar-refractivity contribution >= 4 is 5.78 Å². The molecule has 1 rings (SSSR count). The molecule has 0 amide bonds. The molecule has 1 saturated carbocycles. The fourth-order valence-electron chi connectivity index (χ4n) is 2.29. The Kier molecular flexibility index (Phi) is 4.59. The number of carbonyl (C=O) groups is 1. The van der Waals surface area contributed by atoms with Gasteiger partial charge in [0.2, 0.25) is 0 Å². The van der Waals surface area contributed by atoms with Crippen LogP contribution in [-0.4, -0.2) is 12.3 Å². The van der Waals surface area contributed by atoms with E-state index in [1.807, 2.05) is 0 Å². The molecule has 14 heavy (non-hydrogen) atoms. The summed E-state index contributed by atoms with van der Waals surface area (Å²) in [6.07, 6.45) is 5.23. The van der Waals surface area contributed by atoms with Gasteiger partial charge in [-0.25, -0.2) is 0 Å². The first-order chi connectivity index (χ1) is 6.63. The number of carbonyl (C=O) groups excluding carboxylic acids is 1. The molecule has 0 spiro atoms. The van der Waals surface area contributed by atoms with Gasteiger partial charge in [-0.3, -0.25) is 4.79 Å². The zero-order valence-corrected chi connectivity index (χ0v) is 9.46. The Morgan fingerprint density at radius 2 is 1.86 bits per heavy atom. The summed E-state index contributed by atoms with van der Waals surface area (Å²) >= 11 is 0. The fraction of sp³-hybridized carbons (Fsp3) is 0.917. The maximum absolute atomic E-state index is 11.8. The van der Waals surface area contributed by atoms with E-state index in [0.717, 1.165) is 38.6 Å². The van der Waals surface area contributed by atoms with Gasteiger partial charge in [-0.05, 0) is 44.1 Å². The largest absolute Gasteiger partial charge is 0.330 e. The van der Waals surface area contributed by atoms with Gasteiger partial charge in [-0.1, -0.05) is 13.8 Å². The van der Waals surface area contributed by atoms with Crippen LogP contribution in [-0.2, 0) is 4.79 Å². The van der Waals surface area contributed by atoms with E-state index in [0.29, 0.717) is 23.5 Å². The van der Waals surface area contributed by atoms with Crippen molar-refractivity contribution in [1.82, 2.24) is 0 Å². The molecule has 2 heteroatoms. The number of rotatable bonds is 4. The minimum absolute atomic E-state index is 0.347. The van der Waals surface area contributed by atoms with Crippen LogP contribution in [0.2, 0.25) is 0 Å². The molecule has 0 heterocycles. The second-order valence-corrected chi connectivity index (χ2v) is 5.02. The van der Waals surface area contributed by atoms with E-state index < -0.39 is 0 Å². The first kappa shape index (κ1) is 11.7. The van der Waals surface area contributed by atoms with Gasteiger partial charge in [0.25, 0.3) is 0 Å². The summed E-state index contributed by atoms with van der Waals surface area (Å²) in [5.74, 6) is 2.02. The Hall–Kier alpha value is -0.370. The average Bonchev–Trinajstić information content (AvgIpc) is 2.17. The van der Waals surface area contributed by atoms with Crippen LogP contribution in [0.25, 0.3) is 0 Å². The number of nitrogens with two attached hydrogens (primary N) is 1. The number of Topliss-reactive ketones (excluding diaryl/α,β-unsaturated/α-hetero) is 1. The maximum Gasteiger partial charge on any atom is 0.136 e. The monoisotopic (exact) mass is 197 g/mol. The van der Waals surface area contributed by atoms with Crippen LogP contribution < -0.4 is 5.73 Å². The summed E-state index contributed by atoms with van der Waals surface area (Å²) in [6, 6.07) is 0. The number of hydrogen-bond donors (Lipinski definition) is 1. The first-order valence-electron chi connectivity index (χ1n) is 5.86. The zero-order chi connectivity index (χ0) is 10.6. The summed E-state index contributed by atoms with van der Waals surface area (Å²) in [4.78, 5) is 11.8. The molecule has 0 aliphatic heterocycles. The van der Waals surface area contributed by atoms with E-state index in [1.165, 1.54) is 0 Å². The van der Waals surface area contributed by atoms with Crippen LogP contribution in [0.5, 0.6) is 0 Å². The third-order valence-corrected chi connectivity index (χ3v) is 3.24. The molecule has 0 bridgehead atoms. The van der Waals surface area contributed by atoms with E-state index in [2.05, 4.69) is 13.8 Å². The molecular weight excluding hydrogens is 174 g/mol. The Morgan fingerprint density at radius 3 is 2.29 bits per heavy atom.